The smallest absolute Gasteiger partial charge is 0.289 e. The molecule has 3 rings (SSSR count). The molecule has 3 fully saturated rings. The van der Waals surface area contributed by atoms with E-state index in [1.807, 2.05) is 0 Å². The van der Waals surface area contributed by atoms with E-state index in [0.717, 1.165) is 19.4 Å². The maximum Gasteiger partial charge on any atom is 0.289 e. The molecule has 6 nitrogen and oxygen atoms in total. The number of nitrogens with one attached hydrogen (secondary N) is 3. The zero-order valence-electron chi connectivity index (χ0n) is 14.4. The summed E-state index contributed by atoms with van der Waals surface area (Å²) in [7, 11) is 0. The molecule has 1 aliphatic heterocycles. The fourth-order valence-corrected chi connectivity index (χ4v) is 4.07. The van der Waals surface area contributed by atoms with E-state index in [4.69, 9.17) is 0 Å². The lowest BCUT2D eigenvalue weighted by Gasteiger charge is -2.22. The van der Waals surface area contributed by atoms with Crippen molar-refractivity contribution < 1.29 is 14.4 Å². The molecule has 3 aliphatic rings. The largest absolute Gasteiger partial charge is 0.346 e. The van der Waals surface area contributed by atoms with Crippen LogP contribution in [0.4, 0.5) is 0 Å². The van der Waals surface area contributed by atoms with Gasteiger partial charge in [0.1, 0.15) is 0 Å². The van der Waals surface area contributed by atoms with Crippen molar-refractivity contribution in [1.82, 2.24) is 16.0 Å². The summed E-state index contributed by atoms with van der Waals surface area (Å²) >= 11 is 0. The summed E-state index contributed by atoms with van der Waals surface area (Å²) in [4.78, 5) is 37.0. The van der Waals surface area contributed by atoms with E-state index in [9.17, 15) is 14.4 Å². The lowest BCUT2D eigenvalue weighted by molar-refractivity contribution is -0.140. The summed E-state index contributed by atoms with van der Waals surface area (Å²) in [6, 6.07) is -0.978. The van der Waals surface area contributed by atoms with Crippen LogP contribution in [0.5, 0.6) is 0 Å². The Morgan fingerprint density at radius 1 is 1.33 bits per heavy atom. The molecule has 2 unspecified atom stereocenters. The molecule has 0 aromatic carbocycles. The van der Waals surface area contributed by atoms with Crippen molar-refractivity contribution in [1.29, 1.82) is 0 Å². The molecule has 3 N–H and O–H groups in total. The number of rotatable bonds is 8. The number of ketones is 1. The van der Waals surface area contributed by atoms with Gasteiger partial charge in [-0.15, -0.1) is 6.58 Å². The van der Waals surface area contributed by atoms with Crippen molar-refractivity contribution in [3.8, 4) is 0 Å². The van der Waals surface area contributed by atoms with Gasteiger partial charge in [0, 0.05) is 6.54 Å². The standard InChI is InChI=1S/C18H27N3O3/c1-4-7-19-17(24)15(22)12(8-10-5-6-10)21-16(23)14-13-11(9-20-14)18(13,2)3/h4,10-14,20H,1,5-9H2,2-3H3,(H,19,24)(H,21,23)/t11?,12?,13-,14-/m0/s1. The number of Topliss-reactive ketones (excluding diaryl/α,β-unsaturated/α-hetero) is 1. The summed E-state index contributed by atoms with van der Waals surface area (Å²) < 4.78 is 0. The number of hydrogen-bond donors (Lipinski definition) is 3. The first kappa shape index (κ1) is 17.1. The fraction of sp³-hybridized carbons (Fsp3) is 0.722. The number of hydrogen-bond acceptors (Lipinski definition) is 4. The Morgan fingerprint density at radius 3 is 2.58 bits per heavy atom. The van der Waals surface area contributed by atoms with Crippen LogP contribution in [-0.4, -0.2) is 42.8 Å². The van der Waals surface area contributed by atoms with Gasteiger partial charge in [0.25, 0.3) is 5.91 Å². The van der Waals surface area contributed by atoms with Crippen LogP contribution in [0.2, 0.25) is 0 Å². The first-order valence-corrected chi connectivity index (χ1v) is 8.83. The first-order valence-electron chi connectivity index (χ1n) is 8.83. The molecular formula is C18H27N3O3. The maximum atomic E-state index is 12.6. The van der Waals surface area contributed by atoms with E-state index in [0.29, 0.717) is 24.2 Å². The van der Waals surface area contributed by atoms with Gasteiger partial charge in [-0.05, 0) is 36.1 Å². The molecular weight excluding hydrogens is 306 g/mol. The van der Waals surface area contributed by atoms with E-state index in [2.05, 4.69) is 36.4 Å². The number of fused-ring (bicyclic) bond motifs is 1. The molecule has 2 amide bonds. The van der Waals surface area contributed by atoms with Crippen molar-refractivity contribution in [3.63, 3.8) is 0 Å². The van der Waals surface area contributed by atoms with E-state index >= 15 is 0 Å². The minimum absolute atomic E-state index is 0.149. The van der Waals surface area contributed by atoms with Gasteiger partial charge in [0.2, 0.25) is 11.7 Å². The topological polar surface area (TPSA) is 87.3 Å². The van der Waals surface area contributed by atoms with Gasteiger partial charge in [-0.3, -0.25) is 14.4 Å². The Balaban J connectivity index is 1.61. The summed E-state index contributed by atoms with van der Waals surface area (Å²) in [5.41, 5.74) is 0.185. The summed E-state index contributed by atoms with van der Waals surface area (Å²) in [6.45, 7) is 8.97. The quantitative estimate of drug-likeness (QED) is 0.443. The van der Waals surface area contributed by atoms with Gasteiger partial charge >= 0.3 is 0 Å². The van der Waals surface area contributed by atoms with E-state index in [1.54, 1.807) is 0 Å². The molecule has 4 atom stereocenters. The molecule has 0 aromatic rings. The van der Waals surface area contributed by atoms with Crippen molar-refractivity contribution in [2.24, 2.45) is 23.2 Å². The predicted octanol–water partition coefficient (Wildman–Crippen LogP) is 0.387. The molecule has 6 heteroatoms. The van der Waals surface area contributed by atoms with E-state index in [1.165, 1.54) is 6.08 Å². The van der Waals surface area contributed by atoms with Crippen molar-refractivity contribution in [3.05, 3.63) is 12.7 Å². The molecule has 24 heavy (non-hydrogen) atoms. The minimum atomic E-state index is -0.725. The van der Waals surface area contributed by atoms with Crippen LogP contribution in [0, 0.1) is 23.2 Å². The lowest BCUT2D eigenvalue weighted by Crippen LogP contribution is -2.53. The molecule has 1 heterocycles. The van der Waals surface area contributed by atoms with Gasteiger partial charge in [-0.2, -0.15) is 0 Å². The normalized spacial score (nSPS) is 30.8. The third-order valence-corrected chi connectivity index (χ3v) is 5.87. The highest BCUT2D eigenvalue weighted by atomic mass is 16.2. The molecule has 2 aliphatic carbocycles. The molecule has 0 spiro atoms. The zero-order chi connectivity index (χ0) is 17.5. The van der Waals surface area contributed by atoms with Crippen molar-refractivity contribution >= 4 is 17.6 Å². The summed E-state index contributed by atoms with van der Waals surface area (Å²) in [5, 5.41) is 8.60. The van der Waals surface area contributed by atoms with Crippen LogP contribution in [0.25, 0.3) is 0 Å². The Labute approximate surface area is 142 Å². The van der Waals surface area contributed by atoms with Crippen molar-refractivity contribution in [2.75, 3.05) is 13.1 Å². The monoisotopic (exact) mass is 333 g/mol. The molecule has 0 radical (unpaired) electrons. The number of piperidine rings is 1. The van der Waals surface area contributed by atoms with Crippen LogP contribution in [0.15, 0.2) is 12.7 Å². The van der Waals surface area contributed by atoms with E-state index < -0.39 is 17.7 Å². The molecule has 0 aromatic heterocycles. The summed E-state index contributed by atoms with van der Waals surface area (Å²) in [5.74, 6) is -0.0613. The molecule has 2 saturated carbocycles. The van der Waals surface area contributed by atoms with Gasteiger partial charge in [-0.1, -0.05) is 32.8 Å². The minimum Gasteiger partial charge on any atom is -0.346 e. The molecule has 0 bridgehead atoms. The number of carbonyl (C=O) groups excluding carboxylic acids is 3. The molecule has 132 valence electrons. The second-order valence-corrected chi connectivity index (χ2v) is 7.94. The Kier molecular flexibility index (Phi) is 4.51. The van der Waals surface area contributed by atoms with Gasteiger partial charge in [-0.25, -0.2) is 0 Å². The Bertz CT molecular complexity index is 568. The number of carbonyl (C=O) groups is 3. The Hall–Kier alpha value is -1.69. The van der Waals surface area contributed by atoms with Crippen molar-refractivity contribution in [2.45, 2.75) is 45.2 Å². The second-order valence-electron chi connectivity index (χ2n) is 7.94. The average molecular weight is 333 g/mol. The van der Waals surface area contributed by atoms with Crippen LogP contribution in [-0.2, 0) is 14.4 Å². The van der Waals surface area contributed by atoms with Gasteiger partial charge in [0.05, 0.1) is 12.1 Å². The number of amides is 2. The van der Waals surface area contributed by atoms with Gasteiger partial charge in [0.15, 0.2) is 0 Å². The third-order valence-electron chi connectivity index (χ3n) is 5.87. The predicted molar refractivity (Wildman–Crippen MR) is 90.0 cm³/mol. The second kappa shape index (κ2) is 6.31. The SMILES string of the molecule is C=CCNC(=O)C(=O)C(CC1CC1)NC(=O)[C@H]1NCC2[C@@H]1C2(C)C. The third kappa shape index (κ3) is 3.24. The fourth-order valence-electron chi connectivity index (χ4n) is 4.07. The summed E-state index contributed by atoms with van der Waals surface area (Å²) in [6.07, 6.45) is 4.20. The lowest BCUT2D eigenvalue weighted by atomic mass is 10.0. The highest BCUT2D eigenvalue weighted by molar-refractivity contribution is 6.38. The Morgan fingerprint density at radius 2 is 2.04 bits per heavy atom. The maximum absolute atomic E-state index is 12.6. The first-order chi connectivity index (χ1) is 11.4. The molecule has 1 saturated heterocycles. The average Bonchev–Trinajstić information content (AvgIpc) is 3.37. The van der Waals surface area contributed by atoms with Crippen LogP contribution >= 0.6 is 0 Å². The van der Waals surface area contributed by atoms with E-state index in [-0.39, 0.29) is 23.9 Å². The highest BCUT2D eigenvalue weighted by Gasteiger charge is 2.65. The highest BCUT2D eigenvalue weighted by Crippen LogP contribution is 2.62. The van der Waals surface area contributed by atoms with Crippen LogP contribution in [0.3, 0.4) is 0 Å². The van der Waals surface area contributed by atoms with Gasteiger partial charge < -0.3 is 16.0 Å². The van der Waals surface area contributed by atoms with Crippen LogP contribution in [0.1, 0.15) is 33.1 Å². The zero-order valence-corrected chi connectivity index (χ0v) is 14.4. The van der Waals surface area contributed by atoms with Crippen LogP contribution < -0.4 is 16.0 Å².